The highest BCUT2D eigenvalue weighted by atomic mass is 35.5. The SMILES string of the molecule is O=C(c1ccc(CCl)cc1)c1c[nH]c2cccc(Cl)c12. The summed E-state index contributed by atoms with van der Waals surface area (Å²) in [6, 6.07) is 12.8. The van der Waals surface area contributed by atoms with Gasteiger partial charge in [0.05, 0.1) is 5.02 Å². The third-order valence-corrected chi connectivity index (χ3v) is 3.89. The van der Waals surface area contributed by atoms with Crippen LogP contribution in [0.4, 0.5) is 0 Å². The Kier molecular flexibility index (Phi) is 3.51. The fraction of sp³-hybridized carbons (Fsp3) is 0.0625. The number of carbonyl (C=O) groups excluding carboxylic acids is 1. The highest BCUT2D eigenvalue weighted by molar-refractivity contribution is 6.37. The first-order valence-electron chi connectivity index (χ1n) is 6.16. The third kappa shape index (κ3) is 2.21. The standard InChI is InChI=1S/C16H11Cl2NO/c17-8-10-4-6-11(7-5-10)16(20)12-9-19-14-3-1-2-13(18)15(12)14/h1-7,9,19H,8H2. The summed E-state index contributed by atoms with van der Waals surface area (Å²) >= 11 is 11.9. The molecule has 0 unspecified atom stereocenters. The highest BCUT2D eigenvalue weighted by Gasteiger charge is 2.16. The minimum Gasteiger partial charge on any atom is -0.360 e. The number of carbonyl (C=O) groups is 1. The molecular formula is C16H11Cl2NO. The van der Waals surface area contributed by atoms with E-state index in [2.05, 4.69) is 4.98 Å². The number of H-pyrrole nitrogens is 1. The number of aromatic nitrogens is 1. The Morgan fingerprint density at radius 2 is 1.85 bits per heavy atom. The molecule has 0 fully saturated rings. The summed E-state index contributed by atoms with van der Waals surface area (Å²) in [5.41, 5.74) is 3.06. The van der Waals surface area contributed by atoms with Gasteiger partial charge in [0.1, 0.15) is 0 Å². The van der Waals surface area contributed by atoms with E-state index in [1.165, 1.54) is 0 Å². The first-order chi connectivity index (χ1) is 9.70. The smallest absolute Gasteiger partial charge is 0.195 e. The molecule has 0 saturated heterocycles. The van der Waals surface area contributed by atoms with Gasteiger partial charge in [-0.25, -0.2) is 0 Å². The number of rotatable bonds is 3. The third-order valence-electron chi connectivity index (χ3n) is 3.27. The summed E-state index contributed by atoms with van der Waals surface area (Å²) in [6.07, 6.45) is 1.70. The molecule has 0 aliphatic heterocycles. The van der Waals surface area contributed by atoms with Crippen molar-refractivity contribution in [2.24, 2.45) is 0 Å². The summed E-state index contributed by atoms with van der Waals surface area (Å²) in [4.78, 5) is 15.6. The van der Waals surface area contributed by atoms with Crippen LogP contribution in [0.1, 0.15) is 21.5 Å². The van der Waals surface area contributed by atoms with Gasteiger partial charge in [-0.05, 0) is 17.7 Å². The first kappa shape index (κ1) is 13.2. The van der Waals surface area contributed by atoms with Gasteiger partial charge in [0, 0.05) is 34.1 Å². The molecular weight excluding hydrogens is 293 g/mol. The van der Waals surface area contributed by atoms with E-state index in [4.69, 9.17) is 23.2 Å². The van der Waals surface area contributed by atoms with Crippen LogP contribution in [0.15, 0.2) is 48.7 Å². The Morgan fingerprint density at radius 3 is 2.55 bits per heavy atom. The molecule has 0 amide bonds. The molecule has 0 aliphatic carbocycles. The van der Waals surface area contributed by atoms with E-state index in [0.29, 0.717) is 22.0 Å². The van der Waals surface area contributed by atoms with E-state index in [1.807, 2.05) is 24.3 Å². The van der Waals surface area contributed by atoms with E-state index < -0.39 is 0 Å². The number of fused-ring (bicyclic) bond motifs is 1. The average molecular weight is 304 g/mol. The predicted octanol–water partition coefficient (Wildman–Crippen LogP) is 4.79. The van der Waals surface area contributed by atoms with Crippen molar-refractivity contribution in [3.8, 4) is 0 Å². The largest absolute Gasteiger partial charge is 0.360 e. The second-order valence-corrected chi connectivity index (χ2v) is 5.20. The van der Waals surface area contributed by atoms with Crippen molar-refractivity contribution >= 4 is 39.9 Å². The fourth-order valence-electron chi connectivity index (χ4n) is 2.22. The number of ketones is 1. The lowest BCUT2D eigenvalue weighted by Gasteiger charge is -2.02. The zero-order valence-electron chi connectivity index (χ0n) is 10.5. The molecule has 0 saturated carbocycles. The fourth-order valence-corrected chi connectivity index (χ4v) is 2.67. The highest BCUT2D eigenvalue weighted by Crippen LogP contribution is 2.28. The van der Waals surface area contributed by atoms with Gasteiger partial charge >= 0.3 is 0 Å². The van der Waals surface area contributed by atoms with E-state index >= 15 is 0 Å². The quantitative estimate of drug-likeness (QED) is 0.547. The van der Waals surface area contributed by atoms with Crippen molar-refractivity contribution in [3.63, 3.8) is 0 Å². The van der Waals surface area contributed by atoms with Gasteiger partial charge in [-0.1, -0.05) is 41.9 Å². The summed E-state index contributed by atoms with van der Waals surface area (Å²) in [7, 11) is 0. The molecule has 2 nitrogen and oxygen atoms in total. The molecule has 1 N–H and O–H groups in total. The zero-order chi connectivity index (χ0) is 14.1. The van der Waals surface area contributed by atoms with Crippen molar-refractivity contribution in [1.29, 1.82) is 0 Å². The molecule has 2 aromatic carbocycles. The van der Waals surface area contributed by atoms with Crippen molar-refractivity contribution in [3.05, 3.63) is 70.4 Å². The monoisotopic (exact) mass is 303 g/mol. The van der Waals surface area contributed by atoms with Gasteiger partial charge in [-0.2, -0.15) is 0 Å². The van der Waals surface area contributed by atoms with E-state index in [-0.39, 0.29) is 5.78 Å². The maximum atomic E-state index is 12.6. The number of hydrogen-bond acceptors (Lipinski definition) is 1. The van der Waals surface area contributed by atoms with Crippen molar-refractivity contribution in [2.75, 3.05) is 0 Å². The van der Waals surface area contributed by atoms with Crippen LogP contribution in [0.5, 0.6) is 0 Å². The molecule has 4 heteroatoms. The minimum absolute atomic E-state index is 0.0505. The maximum absolute atomic E-state index is 12.6. The van der Waals surface area contributed by atoms with Gasteiger partial charge in [-0.15, -0.1) is 11.6 Å². The van der Waals surface area contributed by atoms with E-state index in [9.17, 15) is 4.79 Å². The lowest BCUT2D eigenvalue weighted by atomic mass is 10.0. The molecule has 0 radical (unpaired) electrons. The normalized spacial score (nSPS) is 10.9. The van der Waals surface area contributed by atoms with Gasteiger partial charge in [0.25, 0.3) is 0 Å². The molecule has 3 rings (SSSR count). The molecule has 0 bridgehead atoms. The number of halogens is 2. The molecule has 0 spiro atoms. The first-order valence-corrected chi connectivity index (χ1v) is 7.07. The number of benzene rings is 2. The molecule has 1 heterocycles. The Hall–Kier alpha value is -1.77. The molecule has 100 valence electrons. The molecule has 0 aliphatic rings. The number of aromatic amines is 1. The van der Waals surface area contributed by atoms with E-state index in [0.717, 1.165) is 16.5 Å². The van der Waals surface area contributed by atoms with Crippen LogP contribution < -0.4 is 0 Å². The van der Waals surface area contributed by atoms with Crippen LogP contribution in [0.25, 0.3) is 10.9 Å². The second kappa shape index (κ2) is 5.31. The second-order valence-electron chi connectivity index (χ2n) is 4.52. The summed E-state index contributed by atoms with van der Waals surface area (Å²) in [6.45, 7) is 0. The lowest BCUT2D eigenvalue weighted by Crippen LogP contribution is -2.00. The average Bonchev–Trinajstić information content (AvgIpc) is 2.92. The molecule has 0 atom stereocenters. The topological polar surface area (TPSA) is 32.9 Å². The van der Waals surface area contributed by atoms with Gasteiger partial charge < -0.3 is 4.98 Å². The maximum Gasteiger partial charge on any atom is 0.195 e. The van der Waals surface area contributed by atoms with Crippen LogP contribution in [0.3, 0.4) is 0 Å². The van der Waals surface area contributed by atoms with Crippen LogP contribution in [0, 0.1) is 0 Å². The van der Waals surface area contributed by atoms with Crippen molar-refractivity contribution in [1.82, 2.24) is 4.98 Å². The minimum atomic E-state index is -0.0505. The van der Waals surface area contributed by atoms with Crippen LogP contribution in [-0.4, -0.2) is 10.8 Å². The van der Waals surface area contributed by atoms with Crippen LogP contribution >= 0.6 is 23.2 Å². The molecule has 20 heavy (non-hydrogen) atoms. The number of hydrogen-bond donors (Lipinski definition) is 1. The Balaban J connectivity index is 2.08. The lowest BCUT2D eigenvalue weighted by molar-refractivity contribution is 0.104. The van der Waals surface area contributed by atoms with E-state index in [1.54, 1.807) is 24.4 Å². The number of nitrogens with one attached hydrogen (secondary N) is 1. The summed E-state index contributed by atoms with van der Waals surface area (Å²) in [5, 5.41) is 1.34. The summed E-state index contributed by atoms with van der Waals surface area (Å²) in [5.74, 6) is 0.387. The van der Waals surface area contributed by atoms with Crippen LogP contribution in [-0.2, 0) is 5.88 Å². The molecule has 3 aromatic rings. The van der Waals surface area contributed by atoms with Crippen molar-refractivity contribution < 1.29 is 4.79 Å². The van der Waals surface area contributed by atoms with Gasteiger partial charge in [0.15, 0.2) is 5.78 Å². The Morgan fingerprint density at radius 1 is 1.10 bits per heavy atom. The van der Waals surface area contributed by atoms with Crippen LogP contribution in [0.2, 0.25) is 5.02 Å². The Labute approximate surface area is 126 Å². The zero-order valence-corrected chi connectivity index (χ0v) is 12.0. The molecule has 1 aromatic heterocycles. The Bertz CT molecular complexity index is 775. The van der Waals surface area contributed by atoms with Gasteiger partial charge in [-0.3, -0.25) is 4.79 Å². The summed E-state index contributed by atoms with van der Waals surface area (Å²) < 4.78 is 0. The predicted molar refractivity (Wildman–Crippen MR) is 82.7 cm³/mol. The van der Waals surface area contributed by atoms with Gasteiger partial charge in [0.2, 0.25) is 0 Å². The van der Waals surface area contributed by atoms with Crippen molar-refractivity contribution in [2.45, 2.75) is 5.88 Å². The number of alkyl halides is 1.